The Hall–Kier alpha value is -3.20. The van der Waals surface area contributed by atoms with E-state index in [2.05, 4.69) is 15.4 Å². The lowest BCUT2D eigenvalue weighted by atomic mass is 10.2. The lowest BCUT2D eigenvalue weighted by Gasteiger charge is -2.14. The molecule has 0 aliphatic carbocycles. The topological polar surface area (TPSA) is 108 Å². The third-order valence-corrected chi connectivity index (χ3v) is 4.58. The van der Waals surface area contributed by atoms with Crippen molar-refractivity contribution in [2.45, 2.75) is 32.5 Å². The number of halogens is 1. The Morgan fingerprint density at radius 3 is 2.72 bits per heavy atom. The maximum Gasteiger partial charge on any atom is 0.308 e. The van der Waals surface area contributed by atoms with Gasteiger partial charge >= 0.3 is 5.97 Å². The van der Waals surface area contributed by atoms with E-state index in [1.165, 1.54) is 28.7 Å². The van der Waals surface area contributed by atoms with Gasteiger partial charge < -0.3 is 10.1 Å². The minimum Gasteiger partial charge on any atom is -0.452 e. The Kier molecular flexibility index (Phi) is 6.28. The van der Waals surface area contributed by atoms with Gasteiger partial charge in [-0.05, 0) is 24.6 Å². The Bertz CT molecular complexity index is 1090. The molecule has 0 bridgehead atoms. The molecular weight excluding hydrogens is 398 g/mol. The molecule has 1 amide bonds. The Balaban J connectivity index is 1.49. The van der Waals surface area contributed by atoms with E-state index in [4.69, 9.17) is 16.3 Å². The van der Waals surface area contributed by atoms with Crippen LogP contribution in [-0.2, 0) is 34.5 Å². The first-order valence-electron chi connectivity index (χ1n) is 8.94. The van der Waals surface area contributed by atoms with Crippen molar-refractivity contribution >= 4 is 34.5 Å². The lowest BCUT2D eigenvalue weighted by Crippen LogP contribution is -2.35. The minimum atomic E-state index is -0.953. The number of esters is 1. The number of rotatable bonds is 7. The molecule has 2 aromatic heterocycles. The molecule has 0 spiro atoms. The molecule has 1 atom stereocenters. The second kappa shape index (κ2) is 8.87. The van der Waals surface area contributed by atoms with Gasteiger partial charge in [0.1, 0.15) is 5.39 Å². The highest BCUT2D eigenvalue weighted by molar-refractivity contribution is 6.30. The molecule has 152 valence electrons. The van der Waals surface area contributed by atoms with Gasteiger partial charge in [-0.25, -0.2) is 4.98 Å². The van der Waals surface area contributed by atoms with E-state index in [9.17, 15) is 14.4 Å². The van der Waals surface area contributed by atoms with Crippen LogP contribution in [0.1, 0.15) is 18.9 Å². The van der Waals surface area contributed by atoms with Crippen LogP contribution in [0, 0.1) is 0 Å². The van der Waals surface area contributed by atoms with Crippen LogP contribution in [0.3, 0.4) is 0 Å². The molecule has 10 heteroatoms. The smallest absolute Gasteiger partial charge is 0.308 e. The van der Waals surface area contributed by atoms with Gasteiger partial charge in [0.25, 0.3) is 11.5 Å². The van der Waals surface area contributed by atoms with Gasteiger partial charge in [0.15, 0.2) is 11.8 Å². The van der Waals surface area contributed by atoms with Crippen LogP contribution in [0.2, 0.25) is 5.02 Å². The standard InChI is InChI=1S/C19H20ClN5O4/c1-12(18(27)21-9-13-3-5-14(20)6-4-13)29-16(26)7-8-25-11-22-17-15(19(25)28)10-23-24(17)2/h3-6,10-12H,7-9H2,1-2H3,(H,21,27). The third kappa shape index (κ3) is 5.00. The maximum absolute atomic E-state index is 12.4. The number of ether oxygens (including phenoxy) is 1. The van der Waals surface area contributed by atoms with Crippen molar-refractivity contribution in [3.8, 4) is 0 Å². The summed E-state index contributed by atoms with van der Waals surface area (Å²) in [6, 6.07) is 7.05. The summed E-state index contributed by atoms with van der Waals surface area (Å²) < 4.78 is 7.96. The normalized spacial score (nSPS) is 12.0. The number of benzene rings is 1. The molecule has 1 unspecified atom stereocenters. The van der Waals surface area contributed by atoms with E-state index in [0.717, 1.165) is 5.56 Å². The van der Waals surface area contributed by atoms with Crippen LogP contribution in [0.25, 0.3) is 11.0 Å². The van der Waals surface area contributed by atoms with Crippen molar-refractivity contribution in [3.63, 3.8) is 0 Å². The lowest BCUT2D eigenvalue weighted by molar-refractivity contribution is -0.155. The highest BCUT2D eigenvalue weighted by Crippen LogP contribution is 2.09. The van der Waals surface area contributed by atoms with E-state index in [1.54, 1.807) is 31.3 Å². The number of fused-ring (bicyclic) bond motifs is 1. The van der Waals surface area contributed by atoms with E-state index < -0.39 is 18.0 Å². The average molecular weight is 418 g/mol. The first-order chi connectivity index (χ1) is 13.8. The molecular formula is C19H20ClN5O4. The number of aromatic nitrogens is 4. The van der Waals surface area contributed by atoms with E-state index >= 15 is 0 Å². The quantitative estimate of drug-likeness (QED) is 0.582. The molecule has 0 fully saturated rings. The van der Waals surface area contributed by atoms with E-state index in [-0.39, 0.29) is 18.5 Å². The predicted octanol–water partition coefficient (Wildman–Crippen LogP) is 1.42. The molecule has 0 saturated carbocycles. The van der Waals surface area contributed by atoms with E-state index in [0.29, 0.717) is 22.6 Å². The molecule has 3 aromatic rings. The SMILES string of the molecule is CC(OC(=O)CCn1cnc2c(cnn2C)c1=O)C(=O)NCc1ccc(Cl)cc1. The summed E-state index contributed by atoms with van der Waals surface area (Å²) >= 11 is 5.82. The molecule has 0 radical (unpaired) electrons. The molecule has 2 heterocycles. The van der Waals surface area contributed by atoms with Crippen LogP contribution >= 0.6 is 11.6 Å². The van der Waals surface area contributed by atoms with Crippen molar-refractivity contribution in [3.05, 3.63) is 57.7 Å². The fraction of sp³-hybridized carbons (Fsp3) is 0.316. The van der Waals surface area contributed by atoms with Crippen molar-refractivity contribution in [1.29, 1.82) is 0 Å². The van der Waals surface area contributed by atoms with Gasteiger partial charge in [-0.15, -0.1) is 0 Å². The summed E-state index contributed by atoms with van der Waals surface area (Å²) in [5, 5.41) is 7.67. The van der Waals surface area contributed by atoms with Gasteiger partial charge in [0.05, 0.1) is 18.9 Å². The van der Waals surface area contributed by atoms with Gasteiger partial charge in [-0.3, -0.25) is 23.6 Å². The second-order valence-electron chi connectivity index (χ2n) is 6.47. The summed E-state index contributed by atoms with van der Waals surface area (Å²) in [6.07, 6.45) is 1.78. The van der Waals surface area contributed by atoms with Gasteiger partial charge in [-0.2, -0.15) is 5.10 Å². The predicted molar refractivity (Wildman–Crippen MR) is 106 cm³/mol. The van der Waals surface area contributed by atoms with Gasteiger partial charge in [0.2, 0.25) is 0 Å². The first-order valence-corrected chi connectivity index (χ1v) is 9.31. The van der Waals surface area contributed by atoms with Crippen LogP contribution in [0.4, 0.5) is 0 Å². The van der Waals surface area contributed by atoms with Crippen LogP contribution in [0.5, 0.6) is 0 Å². The molecule has 0 aliphatic heterocycles. The van der Waals surface area contributed by atoms with Crippen molar-refractivity contribution in [2.24, 2.45) is 7.05 Å². The van der Waals surface area contributed by atoms with Crippen LogP contribution in [0.15, 0.2) is 41.6 Å². The zero-order valence-electron chi connectivity index (χ0n) is 16.0. The Morgan fingerprint density at radius 2 is 2.00 bits per heavy atom. The third-order valence-electron chi connectivity index (χ3n) is 4.33. The summed E-state index contributed by atoms with van der Waals surface area (Å²) in [5.74, 6) is -0.999. The van der Waals surface area contributed by atoms with Gasteiger partial charge in [0, 0.05) is 25.2 Å². The van der Waals surface area contributed by atoms with Crippen molar-refractivity contribution < 1.29 is 14.3 Å². The molecule has 9 nitrogen and oxygen atoms in total. The zero-order valence-corrected chi connectivity index (χ0v) is 16.7. The summed E-state index contributed by atoms with van der Waals surface area (Å²) in [7, 11) is 1.69. The maximum atomic E-state index is 12.4. The summed E-state index contributed by atoms with van der Waals surface area (Å²) in [6.45, 7) is 1.88. The summed E-state index contributed by atoms with van der Waals surface area (Å²) in [4.78, 5) is 40.7. The monoisotopic (exact) mass is 417 g/mol. The van der Waals surface area contributed by atoms with Crippen molar-refractivity contribution in [2.75, 3.05) is 0 Å². The first kappa shape index (κ1) is 20.5. The molecule has 1 N–H and O–H groups in total. The average Bonchev–Trinajstić information content (AvgIpc) is 3.08. The highest BCUT2D eigenvalue weighted by Gasteiger charge is 2.18. The number of nitrogens with zero attached hydrogens (tertiary/aromatic N) is 4. The number of nitrogens with one attached hydrogen (secondary N) is 1. The molecule has 0 aliphatic rings. The molecule has 1 aromatic carbocycles. The number of carbonyl (C=O) groups excluding carboxylic acids is 2. The highest BCUT2D eigenvalue weighted by atomic mass is 35.5. The molecule has 0 saturated heterocycles. The van der Waals surface area contributed by atoms with Crippen LogP contribution < -0.4 is 10.9 Å². The fourth-order valence-electron chi connectivity index (χ4n) is 2.68. The number of hydrogen-bond acceptors (Lipinski definition) is 6. The number of aryl methyl sites for hydroxylation is 2. The summed E-state index contributed by atoms with van der Waals surface area (Å²) in [5.41, 5.74) is 1.06. The number of amides is 1. The van der Waals surface area contributed by atoms with Crippen LogP contribution in [-0.4, -0.2) is 37.3 Å². The van der Waals surface area contributed by atoms with Crippen molar-refractivity contribution in [1.82, 2.24) is 24.6 Å². The van der Waals surface area contributed by atoms with E-state index in [1.807, 2.05) is 0 Å². The number of hydrogen-bond donors (Lipinski definition) is 1. The molecule has 3 rings (SSSR count). The van der Waals surface area contributed by atoms with Gasteiger partial charge in [-0.1, -0.05) is 23.7 Å². The molecule has 29 heavy (non-hydrogen) atoms. The Morgan fingerprint density at radius 1 is 1.28 bits per heavy atom. The fourth-order valence-corrected chi connectivity index (χ4v) is 2.81. The zero-order chi connectivity index (χ0) is 21.0. The second-order valence-corrected chi connectivity index (χ2v) is 6.91. The minimum absolute atomic E-state index is 0.0673. The Labute approximate surface area is 171 Å². The number of carbonyl (C=O) groups is 2. The largest absolute Gasteiger partial charge is 0.452 e.